The molecule has 0 saturated carbocycles. The van der Waals surface area contributed by atoms with Gasteiger partial charge in [0.25, 0.3) is 0 Å². The Morgan fingerprint density at radius 1 is 0.923 bits per heavy atom. The normalized spacial score (nSPS) is 10.4. The molecular formula is C22H28O4. The molecule has 0 heterocycles. The van der Waals surface area contributed by atoms with Crippen LogP contribution < -0.4 is 9.47 Å². The van der Waals surface area contributed by atoms with Gasteiger partial charge in [-0.1, -0.05) is 62.9 Å². The molecule has 0 aliphatic carbocycles. The van der Waals surface area contributed by atoms with Crippen LogP contribution in [0.5, 0.6) is 11.5 Å². The summed E-state index contributed by atoms with van der Waals surface area (Å²) in [5.74, 6) is 0.763. The highest BCUT2D eigenvalue weighted by molar-refractivity contribution is 5.92. The highest BCUT2D eigenvalue weighted by atomic mass is 16.5. The lowest BCUT2D eigenvalue weighted by Crippen LogP contribution is -2.07. The Hall–Kier alpha value is -2.49. The van der Waals surface area contributed by atoms with Gasteiger partial charge in [-0.25, -0.2) is 4.79 Å². The third-order valence-electron chi connectivity index (χ3n) is 4.11. The quantitative estimate of drug-likeness (QED) is 0.399. The van der Waals surface area contributed by atoms with Crippen molar-refractivity contribution < 1.29 is 19.0 Å². The molecule has 0 spiro atoms. The molecule has 2 aromatic rings. The first-order valence-corrected chi connectivity index (χ1v) is 9.26. The predicted molar refractivity (Wildman–Crippen MR) is 103 cm³/mol. The summed E-state index contributed by atoms with van der Waals surface area (Å²) in [7, 11) is 1.37. The summed E-state index contributed by atoms with van der Waals surface area (Å²) in [5, 5.41) is 0. The van der Waals surface area contributed by atoms with Crippen LogP contribution in [0.25, 0.3) is 0 Å². The molecular weight excluding hydrogens is 328 g/mol. The van der Waals surface area contributed by atoms with Crippen LogP contribution in [0.15, 0.2) is 48.5 Å². The Labute approximate surface area is 156 Å². The number of carbonyl (C=O) groups excluding carboxylic acids is 1. The molecule has 0 bridgehead atoms. The van der Waals surface area contributed by atoms with E-state index in [9.17, 15) is 4.79 Å². The Morgan fingerprint density at radius 3 is 2.42 bits per heavy atom. The molecule has 0 aliphatic rings. The van der Waals surface area contributed by atoms with E-state index in [-0.39, 0.29) is 0 Å². The van der Waals surface area contributed by atoms with Crippen molar-refractivity contribution in [2.75, 3.05) is 13.7 Å². The van der Waals surface area contributed by atoms with Gasteiger partial charge in [0.15, 0.2) is 0 Å². The summed E-state index contributed by atoms with van der Waals surface area (Å²) >= 11 is 0. The van der Waals surface area contributed by atoms with Gasteiger partial charge in [0.05, 0.1) is 13.7 Å². The fourth-order valence-corrected chi connectivity index (χ4v) is 2.62. The highest BCUT2D eigenvalue weighted by Crippen LogP contribution is 2.27. The molecule has 0 aliphatic heterocycles. The number of benzene rings is 2. The van der Waals surface area contributed by atoms with Crippen molar-refractivity contribution in [1.29, 1.82) is 0 Å². The third kappa shape index (κ3) is 6.43. The van der Waals surface area contributed by atoms with Crippen molar-refractivity contribution in [3.8, 4) is 11.5 Å². The molecule has 0 fully saturated rings. The summed E-state index contributed by atoms with van der Waals surface area (Å²) < 4.78 is 16.5. The Bertz CT molecular complexity index is 667. The molecule has 0 radical (unpaired) electrons. The zero-order valence-corrected chi connectivity index (χ0v) is 15.7. The molecule has 140 valence electrons. The lowest BCUT2D eigenvalue weighted by Gasteiger charge is -2.13. The van der Waals surface area contributed by atoms with Gasteiger partial charge in [-0.05, 0) is 24.1 Å². The van der Waals surface area contributed by atoms with E-state index in [1.54, 1.807) is 18.2 Å². The van der Waals surface area contributed by atoms with Crippen molar-refractivity contribution in [3.05, 3.63) is 59.7 Å². The van der Waals surface area contributed by atoms with Crippen molar-refractivity contribution in [2.45, 2.75) is 45.6 Å². The number of esters is 1. The molecule has 0 amide bonds. The van der Waals surface area contributed by atoms with Crippen LogP contribution in [0.4, 0.5) is 0 Å². The van der Waals surface area contributed by atoms with E-state index in [0.29, 0.717) is 30.3 Å². The number of rotatable bonds is 11. The van der Waals surface area contributed by atoms with Gasteiger partial charge in [0.2, 0.25) is 0 Å². The van der Waals surface area contributed by atoms with Crippen molar-refractivity contribution >= 4 is 5.97 Å². The van der Waals surface area contributed by atoms with Crippen molar-refractivity contribution in [1.82, 2.24) is 0 Å². The summed E-state index contributed by atoms with van der Waals surface area (Å²) in [4.78, 5) is 12.0. The monoisotopic (exact) mass is 356 g/mol. The van der Waals surface area contributed by atoms with Crippen LogP contribution in [0.3, 0.4) is 0 Å². The molecule has 2 rings (SSSR count). The van der Waals surface area contributed by atoms with E-state index in [0.717, 1.165) is 12.0 Å². The first-order valence-electron chi connectivity index (χ1n) is 9.26. The largest absolute Gasteiger partial charge is 0.493 e. The summed E-state index contributed by atoms with van der Waals surface area (Å²) in [6.45, 7) is 3.25. The minimum absolute atomic E-state index is 0.380. The van der Waals surface area contributed by atoms with E-state index in [1.165, 1.54) is 32.8 Å². The van der Waals surface area contributed by atoms with Gasteiger partial charge in [0.1, 0.15) is 23.7 Å². The van der Waals surface area contributed by atoms with Gasteiger partial charge < -0.3 is 14.2 Å². The van der Waals surface area contributed by atoms with Crippen molar-refractivity contribution in [3.63, 3.8) is 0 Å². The third-order valence-corrected chi connectivity index (χ3v) is 4.11. The van der Waals surface area contributed by atoms with Crippen LogP contribution in [-0.4, -0.2) is 19.7 Å². The maximum absolute atomic E-state index is 12.0. The number of hydrogen-bond acceptors (Lipinski definition) is 4. The van der Waals surface area contributed by atoms with Crippen LogP contribution in [0.1, 0.15) is 54.9 Å². The smallest absolute Gasteiger partial charge is 0.341 e. The maximum Gasteiger partial charge on any atom is 0.341 e. The maximum atomic E-state index is 12.0. The van der Waals surface area contributed by atoms with Gasteiger partial charge >= 0.3 is 5.97 Å². The Kier molecular flexibility index (Phi) is 8.53. The molecule has 0 aromatic heterocycles. The zero-order valence-electron chi connectivity index (χ0n) is 15.7. The van der Waals surface area contributed by atoms with E-state index < -0.39 is 5.97 Å². The van der Waals surface area contributed by atoms with Gasteiger partial charge in [-0.3, -0.25) is 0 Å². The molecule has 4 nitrogen and oxygen atoms in total. The molecule has 0 saturated heterocycles. The number of methoxy groups -OCH3 is 1. The van der Waals surface area contributed by atoms with Gasteiger partial charge in [0, 0.05) is 6.07 Å². The standard InChI is InChI=1S/C22H28O4/c1-3-4-5-6-10-15-25-19-13-14-20(22(23)24-2)21(16-19)26-17-18-11-8-7-9-12-18/h7-9,11-14,16H,3-6,10,15,17H2,1-2H3. The minimum atomic E-state index is -0.417. The minimum Gasteiger partial charge on any atom is -0.493 e. The van der Waals surface area contributed by atoms with E-state index in [2.05, 4.69) is 6.92 Å². The van der Waals surface area contributed by atoms with Crippen molar-refractivity contribution in [2.24, 2.45) is 0 Å². The van der Waals surface area contributed by atoms with Crippen LogP contribution >= 0.6 is 0 Å². The second-order valence-corrected chi connectivity index (χ2v) is 6.19. The van der Waals surface area contributed by atoms with Crippen LogP contribution in [0, 0.1) is 0 Å². The van der Waals surface area contributed by atoms with E-state index in [1.807, 2.05) is 30.3 Å². The first kappa shape index (κ1) is 19.8. The zero-order chi connectivity index (χ0) is 18.6. The number of unbranched alkanes of at least 4 members (excludes halogenated alkanes) is 4. The number of hydrogen-bond donors (Lipinski definition) is 0. The summed E-state index contributed by atoms with van der Waals surface area (Å²) in [5.41, 5.74) is 1.43. The van der Waals surface area contributed by atoms with Gasteiger partial charge in [-0.2, -0.15) is 0 Å². The Morgan fingerprint density at radius 2 is 1.69 bits per heavy atom. The van der Waals surface area contributed by atoms with E-state index >= 15 is 0 Å². The molecule has 4 heteroatoms. The fourth-order valence-electron chi connectivity index (χ4n) is 2.62. The second kappa shape index (κ2) is 11.2. The van der Waals surface area contributed by atoms with Gasteiger partial charge in [-0.15, -0.1) is 0 Å². The first-order chi connectivity index (χ1) is 12.7. The number of ether oxygens (including phenoxy) is 3. The fraction of sp³-hybridized carbons (Fsp3) is 0.409. The molecule has 26 heavy (non-hydrogen) atoms. The second-order valence-electron chi connectivity index (χ2n) is 6.19. The predicted octanol–water partition coefficient (Wildman–Crippen LogP) is 5.40. The van der Waals surface area contributed by atoms with E-state index in [4.69, 9.17) is 14.2 Å². The highest BCUT2D eigenvalue weighted by Gasteiger charge is 2.14. The number of carbonyl (C=O) groups is 1. The molecule has 2 aromatic carbocycles. The lowest BCUT2D eigenvalue weighted by molar-refractivity contribution is 0.0595. The molecule has 0 atom stereocenters. The average Bonchev–Trinajstić information content (AvgIpc) is 2.69. The molecule has 0 unspecified atom stereocenters. The Balaban J connectivity index is 1.98. The molecule has 0 N–H and O–H groups in total. The SMILES string of the molecule is CCCCCCCOc1ccc(C(=O)OC)c(OCc2ccccc2)c1. The topological polar surface area (TPSA) is 44.8 Å². The van der Waals surface area contributed by atoms with Crippen LogP contribution in [0.2, 0.25) is 0 Å². The average molecular weight is 356 g/mol. The van der Waals surface area contributed by atoms with Crippen LogP contribution in [-0.2, 0) is 11.3 Å². The summed E-state index contributed by atoms with van der Waals surface area (Å²) in [6.07, 6.45) is 5.94. The summed E-state index contributed by atoms with van der Waals surface area (Å²) in [6, 6.07) is 15.1. The lowest BCUT2D eigenvalue weighted by atomic mass is 10.1.